The van der Waals surface area contributed by atoms with E-state index in [1.807, 2.05) is 31.2 Å². The smallest absolute Gasteiger partial charge is 0.226 e. The van der Waals surface area contributed by atoms with Crippen LogP contribution in [0.2, 0.25) is 0 Å². The van der Waals surface area contributed by atoms with Gasteiger partial charge in [-0.05, 0) is 44.4 Å². The Labute approximate surface area is 140 Å². The number of amides is 2. The van der Waals surface area contributed by atoms with E-state index in [-0.39, 0.29) is 17.7 Å². The number of carbonyl (C=O) groups excluding carboxylic acids is 2. The Bertz CT molecular complexity index is 735. The Morgan fingerprint density at radius 2 is 2.17 bits per heavy atom. The molecule has 1 heterocycles. The predicted molar refractivity (Wildman–Crippen MR) is 90.3 cm³/mol. The summed E-state index contributed by atoms with van der Waals surface area (Å²) in [5, 5.41) is 5.72. The molecule has 2 amide bonds. The zero-order valence-electron chi connectivity index (χ0n) is 13.7. The molecule has 1 aliphatic rings. The minimum atomic E-state index is -0.0728. The third-order valence-electron chi connectivity index (χ3n) is 3.84. The van der Waals surface area contributed by atoms with Crippen molar-refractivity contribution in [3.63, 3.8) is 0 Å². The fourth-order valence-corrected chi connectivity index (χ4v) is 2.39. The average Bonchev–Trinajstić information content (AvgIpc) is 3.33. The van der Waals surface area contributed by atoms with Gasteiger partial charge in [0.05, 0.1) is 6.20 Å². The molecule has 0 radical (unpaired) electrons. The molecule has 3 rings (SSSR count). The normalized spacial score (nSPS) is 13.5. The maximum atomic E-state index is 12.0. The van der Waals surface area contributed by atoms with Crippen molar-refractivity contribution in [3.8, 4) is 11.5 Å². The summed E-state index contributed by atoms with van der Waals surface area (Å²) in [7, 11) is 0. The third-order valence-corrected chi connectivity index (χ3v) is 3.84. The molecule has 6 heteroatoms. The van der Waals surface area contributed by atoms with E-state index in [2.05, 4.69) is 15.6 Å². The lowest BCUT2D eigenvalue weighted by molar-refractivity contribution is -0.122. The molecule has 0 saturated heterocycles. The van der Waals surface area contributed by atoms with E-state index in [1.54, 1.807) is 6.20 Å². The van der Waals surface area contributed by atoms with Gasteiger partial charge >= 0.3 is 0 Å². The first-order valence-electron chi connectivity index (χ1n) is 8.22. The number of aryl methyl sites for hydroxylation is 1. The second kappa shape index (κ2) is 7.29. The summed E-state index contributed by atoms with van der Waals surface area (Å²) in [6.45, 7) is 2.38. The Balaban J connectivity index is 1.46. The van der Waals surface area contributed by atoms with Crippen LogP contribution in [0.3, 0.4) is 0 Å². The van der Waals surface area contributed by atoms with Crippen LogP contribution in [0.5, 0.6) is 0 Å². The molecule has 1 aliphatic carbocycles. The number of aromatic nitrogens is 1. The number of rotatable bonds is 7. The second-order valence-electron chi connectivity index (χ2n) is 6.07. The highest BCUT2D eigenvalue weighted by Gasteiger charge is 2.28. The van der Waals surface area contributed by atoms with E-state index < -0.39 is 0 Å². The number of anilines is 1. The van der Waals surface area contributed by atoms with Crippen LogP contribution in [0.4, 0.5) is 5.69 Å². The van der Waals surface area contributed by atoms with E-state index in [4.69, 9.17) is 4.42 Å². The summed E-state index contributed by atoms with van der Waals surface area (Å²) in [4.78, 5) is 27.7. The van der Waals surface area contributed by atoms with Gasteiger partial charge in [0.1, 0.15) is 5.76 Å². The minimum absolute atomic E-state index is 0.0728. The Hall–Kier alpha value is -2.63. The van der Waals surface area contributed by atoms with Crippen LogP contribution in [0.1, 0.15) is 31.4 Å². The van der Waals surface area contributed by atoms with E-state index in [1.165, 1.54) is 0 Å². The zero-order chi connectivity index (χ0) is 16.9. The molecule has 1 fully saturated rings. The molecule has 0 spiro atoms. The summed E-state index contributed by atoms with van der Waals surface area (Å²) in [6.07, 6.45) is 4.64. The summed E-state index contributed by atoms with van der Waals surface area (Å²) in [5.41, 5.74) is 1.52. The van der Waals surface area contributed by atoms with Crippen LogP contribution in [0.15, 0.2) is 34.9 Å². The van der Waals surface area contributed by atoms with E-state index in [0.29, 0.717) is 31.0 Å². The van der Waals surface area contributed by atoms with Crippen molar-refractivity contribution in [2.45, 2.75) is 32.6 Å². The molecular formula is C18H21N3O3. The van der Waals surface area contributed by atoms with Gasteiger partial charge in [0.15, 0.2) is 0 Å². The quantitative estimate of drug-likeness (QED) is 0.766. The predicted octanol–water partition coefficient (Wildman–Crippen LogP) is 2.89. The molecule has 0 aliphatic heterocycles. The van der Waals surface area contributed by atoms with Gasteiger partial charge in [-0.2, -0.15) is 0 Å². The molecule has 0 unspecified atom stereocenters. The van der Waals surface area contributed by atoms with Crippen molar-refractivity contribution in [1.29, 1.82) is 0 Å². The van der Waals surface area contributed by atoms with Crippen molar-refractivity contribution >= 4 is 17.5 Å². The Morgan fingerprint density at radius 1 is 1.33 bits per heavy atom. The number of oxazole rings is 1. The fourth-order valence-electron chi connectivity index (χ4n) is 2.39. The van der Waals surface area contributed by atoms with Gasteiger partial charge in [0.25, 0.3) is 0 Å². The molecule has 1 aromatic carbocycles. The molecular weight excluding hydrogens is 306 g/mol. The first-order chi connectivity index (χ1) is 11.6. The van der Waals surface area contributed by atoms with Crippen LogP contribution in [-0.2, 0) is 9.59 Å². The van der Waals surface area contributed by atoms with Crippen LogP contribution in [-0.4, -0.2) is 23.3 Å². The maximum absolute atomic E-state index is 12.0. The van der Waals surface area contributed by atoms with Crippen LogP contribution in [0, 0.1) is 12.8 Å². The van der Waals surface area contributed by atoms with Crippen molar-refractivity contribution in [2.75, 3.05) is 11.9 Å². The van der Waals surface area contributed by atoms with Gasteiger partial charge in [0.2, 0.25) is 17.7 Å². The van der Waals surface area contributed by atoms with Gasteiger partial charge < -0.3 is 15.1 Å². The largest absolute Gasteiger partial charge is 0.441 e. The van der Waals surface area contributed by atoms with Gasteiger partial charge in [-0.3, -0.25) is 9.59 Å². The highest BCUT2D eigenvalue weighted by molar-refractivity contribution is 5.91. The highest BCUT2D eigenvalue weighted by Crippen LogP contribution is 2.28. The van der Waals surface area contributed by atoms with Gasteiger partial charge in [0, 0.05) is 30.1 Å². The molecule has 2 N–H and O–H groups in total. The number of nitrogens with zero attached hydrogens (tertiary/aromatic N) is 1. The first kappa shape index (κ1) is 16.2. The SMILES string of the molecule is Cc1cnc(-c2cccc(NC(=O)CCCNC(=O)C3CC3)c2)o1. The van der Waals surface area contributed by atoms with Gasteiger partial charge in [-0.1, -0.05) is 6.07 Å². The lowest BCUT2D eigenvalue weighted by Crippen LogP contribution is -2.26. The summed E-state index contributed by atoms with van der Waals surface area (Å²) < 4.78 is 5.49. The monoisotopic (exact) mass is 327 g/mol. The number of benzene rings is 1. The molecule has 126 valence electrons. The molecule has 2 aromatic rings. The second-order valence-corrected chi connectivity index (χ2v) is 6.07. The number of hydrogen-bond acceptors (Lipinski definition) is 4. The van der Waals surface area contributed by atoms with Crippen LogP contribution < -0.4 is 10.6 Å². The number of hydrogen-bond donors (Lipinski definition) is 2. The molecule has 24 heavy (non-hydrogen) atoms. The van der Waals surface area contributed by atoms with E-state index in [9.17, 15) is 9.59 Å². The van der Waals surface area contributed by atoms with E-state index in [0.717, 1.165) is 24.2 Å². The molecule has 1 aromatic heterocycles. The van der Waals surface area contributed by atoms with Crippen molar-refractivity contribution in [3.05, 3.63) is 36.2 Å². The van der Waals surface area contributed by atoms with Gasteiger partial charge in [-0.25, -0.2) is 4.98 Å². The van der Waals surface area contributed by atoms with E-state index >= 15 is 0 Å². The third kappa shape index (κ3) is 4.44. The molecule has 0 atom stereocenters. The fraction of sp³-hybridized carbons (Fsp3) is 0.389. The van der Waals surface area contributed by atoms with Crippen molar-refractivity contribution < 1.29 is 14.0 Å². The molecule has 0 bridgehead atoms. The highest BCUT2D eigenvalue weighted by atomic mass is 16.4. The topological polar surface area (TPSA) is 84.2 Å². The average molecular weight is 327 g/mol. The van der Waals surface area contributed by atoms with Crippen LogP contribution >= 0.6 is 0 Å². The van der Waals surface area contributed by atoms with Gasteiger partial charge in [-0.15, -0.1) is 0 Å². The zero-order valence-corrected chi connectivity index (χ0v) is 13.7. The minimum Gasteiger partial charge on any atom is -0.441 e. The summed E-state index contributed by atoms with van der Waals surface area (Å²) >= 11 is 0. The Kier molecular flexibility index (Phi) is 4.93. The number of nitrogens with one attached hydrogen (secondary N) is 2. The summed E-state index contributed by atoms with van der Waals surface area (Å²) in [6, 6.07) is 7.39. The molecule has 1 saturated carbocycles. The lowest BCUT2D eigenvalue weighted by atomic mass is 10.2. The summed E-state index contributed by atoms with van der Waals surface area (Å²) in [5.74, 6) is 1.53. The van der Waals surface area contributed by atoms with Crippen molar-refractivity contribution in [2.24, 2.45) is 5.92 Å². The van der Waals surface area contributed by atoms with Crippen LogP contribution in [0.25, 0.3) is 11.5 Å². The molecule has 6 nitrogen and oxygen atoms in total. The number of carbonyl (C=O) groups is 2. The van der Waals surface area contributed by atoms with Crippen molar-refractivity contribution in [1.82, 2.24) is 10.3 Å². The first-order valence-corrected chi connectivity index (χ1v) is 8.22. The Morgan fingerprint density at radius 3 is 2.88 bits per heavy atom. The standard InChI is InChI=1S/C18H21N3O3/c1-12-11-20-18(24-12)14-4-2-5-15(10-14)21-16(22)6-3-9-19-17(23)13-7-8-13/h2,4-5,10-11,13H,3,6-9H2,1H3,(H,19,23)(H,21,22). The lowest BCUT2D eigenvalue weighted by Gasteiger charge is -2.07. The maximum Gasteiger partial charge on any atom is 0.226 e.